The fourth-order valence-corrected chi connectivity index (χ4v) is 2.77. The van der Waals surface area contributed by atoms with Crippen LogP contribution in [-0.2, 0) is 22.4 Å². The fraction of sp³-hybridized carbons (Fsp3) is 0.667. The molecule has 0 radical (unpaired) electrons. The van der Waals surface area contributed by atoms with E-state index in [1.54, 1.807) is 0 Å². The monoisotopic (exact) mass is 333 g/mol. The van der Waals surface area contributed by atoms with Gasteiger partial charge in [0.05, 0.1) is 0 Å². The van der Waals surface area contributed by atoms with E-state index in [0.717, 1.165) is 38.6 Å². The van der Waals surface area contributed by atoms with E-state index in [-0.39, 0.29) is 18.1 Å². The summed E-state index contributed by atoms with van der Waals surface area (Å²) in [5.41, 5.74) is 2.66. The molecule has 0 aliphatic heterocycles. The second kappa shape index (κ2) is 11.2. The maximum absolute atomic E-state index is 12.4. The van der Waals surface area contributed by atoms with E-state index in [9.17, 15) is 4.79 Å². The van der Waals surface area contributed by atoms with Gasteiger partial charge in [-0.25, -0.2) is 0 Å². The Bertz CT molecular complexity index is 463. The Balaban J connectivity index is 2.53. The van der Waals surface area contributed by atoms with Gasteiger partial charge in [-0.2, -0.15) is 0 Å². The second-order valence-corrected chi connectivity index (χ2v) is 6.93. The third kappa shape index (κ3) is 7.48. The fourth-order valence-electron chi connectivity index (χ4n) is 2.77. The topological polar surface area (TPSA) is 38.3 Å². The lowest BCUT2D eigenvalue weighted by Gasteiger charge is -2.22. The predicted molar refractivity (Wildman–Crippen MR) is 101 cm³/mol. The SMILES string of the molecule is CCc1ccc(CCN[C@@H](CC(C)C)C(=O)OC(CC)CC)cc1. The van der Waals surface area contributed by atoms with Crippen LogP contribution in [0.4, 0.5) is 0 Å². The summed E-state index contributed by atoms with van der Waals surface area (Å²) in [6.07, 6.45) is 4.60. The predicted octanol–water partition coefficient (Wildman–Crippen LogP) is 4.53. The zero-order chi connectivity index (χ0) is 17.9. The lowest BCUT2D eigenvalue weighted by Crippen LogP contribution is -2.41. The Morgan fingerprint density at radius 3 is 2.12 bits per heavy atom. The van der Waals surface area contributed by atoms with E-state index in [1.807, 2.05) is 0 Å². The van der Waals surface area contributed by atoms with Gasteiger partial charge in [0, 0.05) is 0 Å². The van der Waals surface area contributed by atoms with Gasteiger partial charge in [-0.05, 0) is 55.7 Å². The van der Waals surface area contributed by atoms with Crippen LogP contribution in [-0.4, -0.2) is 24.7 Å². The number of carbonyl (C=O) groups is 1. The molecular formula is C21H35NO2. The van der Waals surface area contributed by atoms with E-state index in [2.05, 4.69) is 64.2 Å². The molecule has 1 N–H and O–H groups in total. The smallest absolute Gasteiger partial charge is 0.323 e. The normalized spacial score (nSPS) is 12.6. The minimum atomic E-state index is -0.208. The van der Waals surface area contributed by atoms with E-state index >= 15 is 0 Å². The van der Waals surface area contributed by atoms with Crippen molar-refractivity contribution in [3.8, 4) is 0 Å². The van der Waals surface area contributed by atoms with Gasteiger partial charge in [-0.3, -0.25) is 4.79 Å². The first-order valence-electron chi connectivity index (χ1n) is 9.51. The van der Waals surface area contributed by atoms with Gasteiger partial charge < -0.3 is 10.1 Å². The van der Waals surface area contributed by atoms with Crippen LogP contribution in [0.25, 0.3) is 0 Å². The van der Waals surface area contributed by atoms with E-state index in [0.29, 0.717) is 5.92 Å². The van der Waals surface area contributed by atoms with Crippen LogP contribution in [0.3, 0.4) is 0 Å². The highest BCUT2D eigenvalue weighted by atomic mass is 16.5. The molecule has 0 amide bonds. The largest absolute Gasteiger partial charge is 0.461 e. The Morgan fingerprint density at radius 2 is 1.62 bits per heavy atom. The van der Waals surface area contributed by atoms with E-state index in [4.69, 9.17) is 4.74 Å². The molecule has 0 saturated carbocycles. The molecule has 0 bridgehead atoms. The maximum atomic E-state index is 12.4. The number of carbonyl (C=O) groups excluding carboxylic acids is 1. The first-order valence-corrected chi connectivity index (χ1v) is 9.51. The molecule has 0 aromatic heterocycles. The number of rotatable bonds is 11. The third-order valence-corrected chi connectivity index (χ3v) is 4.42. The minimum Gasteiger partial charge on any atom is -0.461 e. The van der Waals surface area contributed by atoms with Crippen LogP contribution in [0.15, 0.2) is 24.3 Å². The summed E-state index contributed by atoms with van der Waals surface area (Å²) in [6, 6.07) is 8.52. The molecule has 1 atom stereocenters. The summed E-state index contributed by atoms with van der Waals surface area (Å²) in [7, 11) is 0. The molecule has 1 rings (SSSR count). The second-order valence-electron chi connectivity index (χ2n) is 6.93. The van der Waals surface area contributed by atoms with E-state index < -0.39 is 0 Å². The van der Waals surface area contributed by atoms with Gasteiger partial charge in [0.25, 0.3) is 0 Å². The van der Waals surface area contributed by atoms with Gasteiger partial charge >= 0.3 is 5.97 Å². The van der Waals surface area contributed by atoms with Gasteiger partial charge in [-0.1, -0.05) is 58.9 Å². The maximum Gasteiger partial charge on any atom is 0.323 e. The molecule has 136 valence electrons. The standard InChI is InChI=1S/C21H35NO2/c1-6-17-9-11-18(12-10-17)13-14-22-20(15-16(4)5)21(23)24-19(7-2)8-3/h9-12,16,19-20,22H,6-8,13-15H2,1-5H3/t20-/m0/s1. The quantitative estimate of drug-likeness (QED) is 0.605. The summed E-state index contributed by atoms with van der Waals surface area (Å²) in [5, 5.41) is 3.41. The number of hydrogen-bond acceptors (Lipinski definition) is 3. The van der Waals surface area contributed by atoms with Crippen molar-refractivity contribution in [1.29, 1.82) is 0 Å². The Morgan fingerprint density at radius 1 is 1.04 bits per heavy atom. The molecule has 3 nitrogen and oxygen atoms in total. The van der Waals surface area contributed by atoms with Crippen LogP contribution >= 0.6 is 0 Å². The molecule has 1 aromatic rings. The number of hydrogen-bond donors (Lipinski definition) is 1. The minimum absolute atomic E-state index is 0.0375. The Kier molecular flexibility index (Phi) is 9.70. The summed E-state index contributed by atoms with van der Waals surface area (Å²) in [6.45, 7) is 11.4. The summed E-state index contributed by atoms with van der Waals surface area (Å²) >= 11 is 0. The van der Waals surface area contributed by atoms with Crippen molar-refractivity contribution in [3.05, 3.63) is 35.4 Å². The number of esters is 1. The van der Waals surface area contributed by atoms with Gasteiger partial charge in [0.15, 0.2) is 0 Å². The van der Waals surface area contributed by atoms with E-state index in [1.165, 1.54) is 11.1 Å². The van der Waals surface area contributed by atoms with Gasteiger partial charge in [0.2, 0.25) is 0 Å². The molecule has 0 saturated heterocycles. The zero-order valence-corrected chi connectivity index (χ0v) is 16.1. The van der Waals surface area contributed by atoms with Crippen LogP contribution < -0.4 is 5.32 Å². The van der Waals surface area contributed by atoms with Crippen molar-refractivity contribution in [2.45, 2.75) is 78.9 Å². The summed E-state index contributed by atoms with van der Waals surface area (Å²) in [4.78, 5) is 12.4. The number of nitrogens with one attached hydrogen (secondary N) is 1. The molecule has 24 heavy (non-hydrogen) atoms. The lowest BCUT2D eigenvalue weighted by molar-refractivity contribution is -0.152. The third-order valence-electron chi connectivity index (χ3n) is 4.42. The molecule has 0 aliphatic carbocycles. The number of ether oxygens (including phenoxy) is 1. The molecule has 0 spiro atoms. The van der Waals surface area contributed by atoms with Crippen molar-refractivity contribution in [3.63, 3.8) is 0 Å². The summed E-state index contributed by atoms with van der Waals surface area (Å²) in [5.74, 6) is 0.360. The number of aryl methyl sites for hydroxylation is 1. The van der Waals surface area contributed by atoms with Crippen molar-refractivity contribution in [1.82, 2.24) is 5.32 Å². The van der Waals surface area contributed by atoms with Crippen molar-refractivity contribution in [2.24, 2.45) is 5.92 Å². The first kappa shape index (κ1) is 20.7. The first-order chi connectivity index (χ1) is 11.5. The van der Waals surface area contributed by atoms with Crippen molar-refractivity contribution < 1.29 is 9.53 Å². The highest BCUT2D eigenvalue weighted by molar-refractivity contribution is 5.76. The molecule has 0 unspecified atom stereocenters. The number of benzene rings is 1. The molecule has 0 heterocycles. The average Bonchev–Trinajstić information content (AvgIpc) is 2.58. The lowest BCUT2D eigenvalue weighted by atomic mass is 10.0. The Labute approximate surface area is 148 Å². The highest BCUT2D eigenvalue weighted by Crippen LogP contribution is 2.11. The molecule has 0 fully saturated rings. The van der Waals surface area contributed by atoms with Gasteiger partial charge in [-0.15, -0.1) is 0 Å². The molecule has 1 aromatic carbocycles. The Hall–Kier alpha value is -1.35. The molecule has 3 heteroatoms. The zero-order valence-electron chi connectivity index (χ0n) is 16.1. The van der Waals surface area contributed by atoms with Crippen LogP contribution in [0, 0.1) is 5.92 Å². The average molecular weight is 334 g/mol. The van der Waals surface area contributed by atoms with Crippen molar-refractivity contribution >= 4 is 5.97 Å². The summed E-state index contributed by atoms with van der Waals surface area (Å²) < 4.78 is 5.64. The van der Waals surface area contributed by atoms with Crippen LogP contribution in [0.5, 0.6) is 0 Å². The molecular weight excluding hydrogens is 298 g/mol. The van der Waals surface area contributed by atoms with Crippen LogP contribution in [0.2, 0.25) is 0 Å². The highest BCUT2D eigenvalue weighted by Gasteiger charge is 2.22. The van der Waals surface area contributed by atoms with Crippen LogP contribution in [0.1, 0.15) is 65.0 Å². The molecule has 0 aliphatic rings. The van der Waals surface area contributed by atoms with Crippen molar-refractivity contribution in [2.75, 3.05) is 6.54 Å². The van der Waals surface area contributed by atoms with Gasteiger partial charge in [0.1, 0.15) is 12.1 Å².